The predicted molar refractivity (Wildman–Crippen MR) is 101 cm³/mol. The maximum Gasteiger partial charge on any atom is 0.407 e. The highest BCUT2D eigenvalue weighted by molar-refractivity contribution is 6.21. The van der Waals surface area contributed by atoms with Crippen molar-refractivity contribution in [3.8, 4) is 0 Å². The summed E-state index contributed by atoms with van der Waals surface area (Å²) in [5, 5.41) is 2.80. The molecule has 1 aromatic carbocycles. The van der Waals surface area contributed by atoms with Gasteiger partial charge >= 0.3 is 6.09 Å². The highest BCUT2D eigenvalue weighted by Crippen LogP contribution is 2.23. The van der Waals surface area contributed by atoms with Crippen LogP contribution in [0.15, 0.2) is 24.3 Å². The number of hydrogen-bond acceptors (Lipinski definition) is 5. The number of imide groups is 1. The average molecular weight is 387 g/mol. The van der Waals surface area contributed by atoms with E-state index in [9.17, 15) is 19.2 Å². The van der Waals surface area contributed by atoms with Gasteiger partial charge in [0, 0.05) is 32.1 Å². The SMILES string of the molecule is CCOC(=O)NC1CCN(C(=O)CCCN2C(=O)c3ccccc3C2=O)CC1. The molecule has 1 N–H and O–H groups in total. The standard InChI is InChI=1S/C20H25N3O5/c1-2-28-20(27)21-14-9-12-22(13-10-14)17(24)8-5-11-23-18(25)15-6-3-4-7-16(15)19(23)26/h3-4,6-7,14H,2,5,8-13H2,1H3,(H,21,27). The number of rotatable bonds is 6. The van der Waals surface area contributed by atoms with Gasteiger partial charge < -0.3 is 15.0 Å². The van der Waals surface area contributed by atoms with Gasteiger partial charge in [0.25, 0.3) is 11.8 Å². The van der Waals surface area contributed by atoms with E-state index in [1.54, 1.807) is 36.1 Å². The van der Waals surface area contributed by atoms with Crippen LogP contribution in [0.4, 0.5) is 4.79 Å². The van der Waals surface area contributed by atoms with Crippen molar-refractivity contribution in [3.63, 3.8) is 0 Å². The summed E-state index contributed by atoms with van der Waals surface area (Å²) < 4.78 is 4.87. The number of carbonyl (C=O) groups is 4. The van der Waals surface area contributed by atoms with Crippen LogP contribution in [0.5, 0.6) is 0 Å². The molecule has 8 heteroatoms. The molecule has 1 saturated heterocycles. The summed E-state index contributed by atoms with van der Waals surface area (Å²) in [4.78, 5) is 51.5. The Labute approximate surface area is 163 Å². The Morgan fingerprint density at radius 2 is 1.71 bits per heavy atom. The number of likely N-dealkylation sites (tertiary alicyclic amines) is 1. The second-order valence-electron chi connectivity index (χ2n) is 6.93. The molecule has 1 fully saturated rings. The van der Waals surface area contributed by atoms with Crippen LogP contribution in [0, 0.1) is 0 Å². The average Bonchev–Trinajstić information content (AvgIpc) is 2.94. The Kier molecular flexibility index (Phi) is 6.28. The molecule has 150 valence electrons. The van der Waals surface area contributed by atoms with Gasteiger partial charge in [-0.15, -0.1) is 0 Å². The maximum atomic E-state index is 12.4. The molecule has 0 bridgehead atoms. The molecule has 0 radical (unpaired) electrons. The van der Waals surface area contributed by atoms with Gasteiger partial charge in [0.05, 0.1) is 17.7 Å². The monoisotopic (exact) mass is 387 g/mol. The lowest BCUT2D eigenvalue weighted by Gasteiger charge is -2.32. The molecule has 1 aromatic rings. The maximum absolute atomic E-state index is 12.4. The third-order valence-corrected chi connectivity index (χ3v) is 5.10. The highest BCUT2D eigenvalue weighted by Gasteiger charge is 2.34. The first-order valence-electron chi connectivity index (χ1n) is 9.67. The quantitative estimate of drug-likeness (QED) is 0.751. The number of nitrogens with one attached hydrogen (secondary N) is 1. The summed E-state index contributed by atoms with van der Waals surface area (Å²) in [7, 11) is 0. The van der Waals surface area contributed by atoms with E-state index >= 15 is 0 Å². The summed E-state index contributed by atoms with van der Waals surface area (Å²) >= 11 is 0. The molecule has 4 amide bonds. The van der Waals surface area contributed by atoms with Crippen molar-refractivity contribution >= 4 is 23.8 Å². The Morgan fingerprint density at radius 1 is 1.11 bits per heavy atom. The Morgan fingerprint density at radius 3 is 2.29 bits per heavy atom. The first kappa shape index (κ1) is 19.9. The molecule has 2 aliphatic rings. The van der Waals surface area contributed by atoms with Crippen LogP contribution in [0.1, 0.15) is 53.3 Å². The van der Waals surface area contributed by atoms with E-state index in [0.29, 0.717) is 50.1 Å². The van der Waals surface area contributed by atoms with Crippen molar-refractivity contribution in [2.75, 3.05) is 26.2 Å². The predicted octanol–water partition coefficient (Wildman–Crippen LogP) is 1.80. The fourth-order valence-electron chi connectivity index (χ4n) is 3.60. The topological polar surface area (TPSA) is 96.0 Å². The molecule has 0 atom stereocenters. The van der Waals surface area contributed by atoms with Gasteiger partial charge in [-0.3, -0.25) is 19.3 Å². The van der Waals surface area contributed by atoms with Gasteiger partial charge in [-0.2, -0.15) is 0 Å². The zero-order valence-electron chi connectivity index (χ0n) is 16.0. The number of carbonyl (C=O) groups excluding carboxylic acids is 4. The lowest BCUT2D eigenvalue weighted by molar-refractivity contribution is -0.132. The van der Waals surface area contributed by atoms with E-state index in [1.807, 2.05) is 0 Å². The van der Waals surface area contributed by atoms with Crippen LogP contribution in [0.3, 0.4) is 0 Å². The zero-order valence-corrected chi connectivity index (χ0v) is 16.0. The summed E-state index contributed by atoms with van der Waals surface area (Å²) in [5.41, 5.74) is 0.852. The molecule has 0 unspecified atom stereocenters. The fourth-order valence-corrected chi connectivity index (χ4v) is 3.60. The van der Waals surface area contributed by atoms with E-state index in [-0.39, 0.29) is 36.7 Å². The van der Waals surface area contributed by atoms with E-state index in [4.69, 9.17) is 4.74 Å². The normalized spacial score (nSPS) is 16.9. The minimum atomic E-state index is -0.423. The van der Waals surface area contributed by atoms with Crippen LogP contribution in [0.2, 0.25) is 0 Å². The first-order chi connectivity index (χ1) is 13.5. The second-order valence-corrected chi connectivity index (χ2v) is 6.93. The molecule has 0 aliphatic carbocycles. The minimum Gasteiger partial charge on any atom is -0.450 e. The van der Waals surface area contributed by atoms with Crippen LogP contribution in [-0.2, 0) is 9.53 Å². The van der Waals surface area contributed by atoms with E-state index < -0.39 is 6.09 Å². The molecule has 28 heavy (non-hydrogen) atoms. The largest absolute Gasteiger partial charge is 0.450 e. The van der Waals surface area contributed by atoms with Crippen LogP contribution in [0.25, 0.3) is 0 Å². The minimum absolute atomic E-state index is 0.00573. The summed E-state index contributed by atoms with van der Waals surface area (Å²) in [5.74, 6) is -0.580. The molecule has 0 spiro atoms. The molecule has 0 saturated carbocycles. The van der Waals surface area contributed by atoms with Crippen LogP contribution in [-0.4, -0.2) is 65.9 Å². The van der Waals surface area contributed by atoms with Crippen molar-refractivity contribution in [1.29, 1.82) is 0 Å². The summed E-state index contributed by atoms with van der Waals surface area (Å²) in [6, 6.07) is 6.78. The van der Waals surface area contributed by atoms with Crippen LogP contribution >= 0.6 is 0 Å². The summed E-state index contributed by atoms with van der Waals surface area (Å²) in [6.45, 7) is 3.46. The lowest BCUT2D eigenvalue weighted by Crippen LogP contribution is -2.46. The molecule has 2 heterocycles. The number of ether oxygens (including phenoxy) is 1. The molecule has 8 nitrogen and oxygen atoms in total. The second kappa shape index (κ2) is 8.86. The number of nitrogens with zero attached hydrogens (tertiary/aromatic N) is 2. The Balaban J connectivity index is 1.41. The fraction of sp³-hybridized carbons (Fsp3) is 0.500. The van der Waals surface area contributed by atoms with E-state index in [1.165, 1.54) is 4.90 Å². The smallest absolute Gasteiger partial charge is 0.407 e. The van der Waals surface area contributed by atoms with Gasteiger partial charge in [0.1, 0.15) is 0 Å². The van der Waals surface area contributed by atoms with Crippen molar-refractivity contribution in [2.24, 2.45) is 0 Å². The highest BCUT2D eigenvalue weighted by atomic mass is 16.5. The van der Waals surface area contributed by atoms with E-state index in [2.05, 4.69) is 5.32 Å². The molecule has 0 aromatic heterocycles. The van der Waals surface area contributed by atoms with Crippen molar-refractivity contribution in [2.45, 2.75) is 38.6 Å². The van der Waals surface area contributed by atoms with Gasteiger partial charge in [-0.05, 0) is 38.3 Å². The Bertz CT molecular complexity index is 736. The van der Waals surface area contributed by atoms with Gasteiger partial charge in [-0.1, -0.05) is 12.1 Å². The van der Waals surface area contributed by atoms with Crippen molar-refractivity contribution in [1.82, 2.24) is 15.1 Å². The number of piperidine rings is 1. The third-order valence-electron chi connectivity index (χ3n) is 5.10. The van der Waals surface area contributed by atoms with E-state index in [0.717, 1.165) is 0 Å². The Hall–Kier alpha value is -2.90. The number of fused-ring (bicyclic) bond motifs is 1. The van der Waals surface area contributed by atoms with Gasteiger partial charge in [0.2, 0.25) is 5.91 Å². The third kappa shape index (κ3) is 4.32. The van der Waals surface area contributed by atoms with Crippen molar-refractivity contribution < 1.29 is 23.9 Å². The number of amides is 4. The molecule has 2 aliphatic heterocycles. The molecule has 3 rings (SSSR count). The number of alkyl carbamates (subject to hydrolysis) is 1. The molecular weight excluding hydrogens is 362 g/mol. The summed E-state index contributed by atoms with van der Waals surface area (Å²) in [6.07, 6.45) is 1.66. The zero-order chi connectivity index (χ0) is 20.1. The van der Waals surface area contributed by atoms with Gasteiger partial charge in [-0.25, -0.2) is 4.79 Å². The number of hydrogen-bond donors (Lipinski definition) is 1. The van der Waals surface area contributed by atoms with Crippen LogP contribution < -0.4 is 5.32 Å². The number of benzene rings is 1. The molecular formula is C20H25N3O5. The first-order valence-corrected chi connectivity index (χ1v) is 9.67. The van der Waals surface area contributed by atoms with Crippen molar-refractivity contribution in [3.05, 3.63) is 35.4 Å². The van der Waals surface area contributed by atoms with Gasteiger partial charge in [0.15, 0.2) is 0 Å². The lowest BCUT2D eigenvalue weighted by atomic mass is 10.0.